The zero-order valence-corrected chi connectivity index (χ0v) is 11.7. The normalized spacial score (nSPS) is 33.1. The third kappa shape index (κ3) is 3.04. The second-order valence-electron chi connectivity index (χ2n) is 5.90. The van der Waals surface area contributed by atoms with Gasteiger partial charge in [-0.1, -0.05) is 20.3 Å². The summed E-state index contributed by atoms with van der Waals surface area (Å²) in [6.07, 6.45) is 3.35. The molecule has 1 aliphatic carbocycles. The van der Waals surface area contributed by atoms with Gasteiger partial charge in [-0.3, -0.25) is 0 Å². The van der Waals surface area contributed by atoms with Crippen molar-refractivity contribution in [2.45, 2.75) is 51.4 Å². The van der Waals surface area contributed by atoms with Crippen LogP contribution in [0.4, 0.5) is 17.6 Å². The fourth-order valence-corrected chi connectivity index (χ4v) is 2.84. The number of ether oxygens (including phenoxy) is 2. The molecule has 2 rings (SSSR count). The Balaban J connectivity index is 2.18. The first-order valence-electron chi connectivity index (χ1n) is 6.98. The van der Waals surface area contributed by atoms with Crippen molar-refractivity contribution in [2.75, 3.05) is 13.2 Å². The van der Waals surface area contributed by atoms with Gasteiger partial charge in [0.1, 0.15) is 0 Å². The largest absolute Gasteiger partial charge is 0.459 e. The molecular formula is C14H20F4O2. The molecule has 2 nitrogen and oxygen atoms in total. The van der Waals surface area contributed by atoms with E-state index in [1.807, 2.05) is 0 Å². The number of allylic oxidation sites excluding steroid dienone is 1. The highest BCUT2D eigenvalue weighted by atomic mass is 19.3. The van der Waals surface area contributed by atoms with Crippen LogP contribution in [-0.2, 0) is 9.47 Å². The highest BCUT2D eigenvalue weighted by Crippen LogP contribution is 2.41. The smallest absolute Gasteiger partial charge is 0.346 e. The van der Waals surface area contributed by atoms with E-state index in [1.165, 1.54) is 0 Å². The lowest BCUT2D eigenvalue weighted by atomic mass is 9.78. The lowest BCUT2D eigenvalue weighted by molar-refractivity contribution is -0.222. The van der Waals surface area contributed by atoms with E-state index in [-0.39, 0.29) is 5.95 Å². The van der Waals surface area contributed by atoms with Crippen molar-refractivity contribution in [3.8, 4) is 0 Å². The Morgan fingerprint density at radius 2 is 1.60 bits per heavy atom. The van der Waals surface area contributed by atoms with Crippen molar-refractivity contribution in [1.29, 1.82) is 0 Å². The topological polar surface area (TPSA) is 18.5 Å². The predicted octanol–water partition coefficient (Wildman–Crippen LogP) is 4.36. The second kappa shape index (κ2) is 5.45. The molecule has 6 heteroatoms. The molecule has 0 N–H and O–H groups in total. The number of halogens is 4. The van der Waals surface area contributed by atoms with Crippen molar-refractivity contribution in [2.24, 2.45) is 11.8 Å². The van der Waals surface area contributed by atoms with Crippen LogP contribution in [0.5, 0.6) is 0 Å². The molecule has 0 aromatic heterocycles. The maximum atomic E-state index is 13.2. The van der Waals surface area contributed by atoms with Gasteiger partial charge in [0, 0.05) is 5.57 Å². The summed E-state index contributed by atoms with van der Waals surface area (Å²) >= 11 is 0. The van der Waals surface area contributed by atoms with Gasteiger partial charge < -0.3 is 9.47 Å². The maximum absolute atomic E-state index is 13.2. The van der Waals surface area contributed by atoms with Gasteiger partial charge in [0.25, 0.3) is 5.95 Å². The van der Waals surface area contributed by atoms with Gasteiger partial charge in [-0.05, 0) is 31.1 Å². The Labute approximate surface area is 116 Å². The summed E-state index contributed by atoms with van der Waals surface area (Å²) in [6, 6.07) is 0. The standard InChI is InChI=1S/C14H20F4O2/c1-3-10-4-9(2)5-11(6-10)12-19-7-13(15,16)14(17,18)8-20-12/h9-10H,3-8H2,1-2H3. The van der Waals surface area contributed by atoms with E-state index in [9.17, 15) is 17.6 Å². The average Bonchev–Trinajstić information content (AvgIpc) is 2.46. The van der Waals surface area contributed by atoms with Gasteiger partial charge in [-0.15, -0.1) is 0 Å². The third-order valence-corrected chi connectivity index (χ3v) is 4.04. The van der Waals surface area contributed by atoms with Crippen LogP contribution in [0.1, 0.15) is 39.5 Å². The van der Waals surface area contributed by atoms with Gasteiger partial charge in [0.15, 0.2) is 13.2 Å². The van der Waals surface area contributed by atoms with Crippen molar-refractivity contribution >= 4 is 0 Å². The summed E-state index contributed by atoms with van der Waals surface area (Å²) < 4.78 is 62.6. The second-order valence-corrected chi connectivity index (χ2v) is 5.90. The number of hydrogen-bond acceptors (Lipinski definition) is 2. The lowest BCUT2D eigenvalue weighted by Crippen LogP contribution is -2.45. The van der Waals surface area contributed by atoms with E-state index < -0.39 is 25.1 Å². The van der Waals surface area contributed by atoms with E-state index in [4.69, 9.17) is 9.47 Å². The molecule has 0 amide bonds. The Morgan fingerprint density at radius 1 is 1.05 bits per heavy atom. The maximum Gasteiger partial charge on any atom is 0.346 e. The number of rotatable bonds is 1. The minimum Gasteiger partial charge on any atom is -0.459 e. The van der Waals surface area contributed by atoms with Gasteiger partial charge in [-0.25, -0.2) is 0 Å². The van der Waals surface area contributed by atoms with Gasteiger partial charge in [0.05, 0.1) is 0 Å². The molecule has 0 aromatic carbocycles. The zero-order chi connectivity index (χ0) is 15.0. The molecule has 2 aliphatic rings. The summed E-state index contributed by atoms with van der Waals surface area (Å²) in [5.74, 6) is -7.68. The number of alkyl halides is 4. The van der Waals surface area contributed by atoms with E-state index in [2.05, 4.69) is 13.8 Å². The third-order valence-electron chi connectivity index (χ3n) is 4.04. The summed E-state index contributed by atoms with van der Waals surface area (Å²) in [5.41, 5.74) is 0.754. The molecule has 1 saturated heterocycles. The first kappa shape index (κ1) is 15.4. The molecule has 2 fully saturated rings. The van der Waals surface area contributed by atoms with E-state index in [0.717, 1.165) is 18.4 Å². The molecular weight excluding hydrogens is 276 g/mol. The van der Waals surface area contributed by atoms with Crippen LogP contribution in [0.25, 0.3) is 0 Å². The van der Waals surface area contributed by atoms with Crippen molar-refractivity contribution in [3.63, 3.8) is 0 Å². The molecule has 116 valence electrons. The first-order chi connectivity index (χ1) is 9.25. The Morgan fingerprint density at radius 3 is 2.10 bits per heavy atom. The number of hydrogen-bond donors (Lipinski definition) is 0. The zero-order valence-electron chi connectivity index (χ0n) is 11.7. The van der Waals surface area contributed by atoms with Crippen LogP contribution in [-0.4, -0.2) is 25.1 Å². The van der Waals surface area contributed by atoms with Gasteiger partial charge in [-0.2, -0.15) is 17.6 Å². The molecule has 2 unspecified atom stereocenters. The fourth-order valence-electron chi connectivity index (χ4n) is 2.84. The van der Waals surface area contributed by atoms with Crippen LogP contribution < -0.4 is 0 Å². The van der Waals surface area contributed by atoms with Crippen molar-refractivity contribution in [3.05, 3.63) is 11.5 Å². The van der Waals surface area contributed by atoms with Crippen LogP contribution in [0.2, 0.25) is 0 Å². The van der Waals surface area contributed by atoms with Crippen LogP contribution >= 0.6 is 0 Å². The molecule has 1 saturated carbocycles. The van der Waals surface area contributed by atoms with E-state index in [0.29, 0.717) is 24.7 Å². The van der Waals surface area contributed by atoms with Gasteiger partial charge in [0.2, 0.25) is 0 Å². The summed E-state index contributed by atoms with van der Waals surface area (Å²) in [4.78, 5) is 0. The minimum absolute atomic E-state index is 0.105. The van der Waals surface area contributed by atoms with Crippen LogP contribution in [0.3, 0.4) is 0 Å². The molecule has 0 spiro atoms. The molecule has 20 heavy (non-hydrogen) atoms. The molecule has 1 heterocycles. The predicted molar refractivity (Wildman–Crippen MR) is 65.6 cm³/mol. The lowest BCUT2D eigenvalue weighted by Gasteiger charge is -2.29. The van der Waals surface area contributed by atoms with Crippen molar-refractivity contribution in [1.82, 2.24) is 0 Å². The molecule has 0 radical (unpaired) electrons. The Kier molecular flexibility index (Phi) is 4.21. The Hall–Kier alpha value is -0.940. The monoisotopic (exact) mass is 296 g/mol. The highest BCUT2D eigenvalue weighted by Gasteiger charge is 2.59. The quantitative estimate of drug-likeness (QED) is 0.669. The summed E-state index contributed by atoms with van der Waals surface area (Å²) in [7, 11) is 0. The first-order valence-corrected chi connectivity index (χ1v) is 6.98. The minimum atomic E-state index is -4.19. The fraction of sp³-hybridized carbons (Fsp3) is 0.857. The van der Waals surface area contributed by atoms with Crippen LogP contribution in [0.15, 0.2) is 11.5 Å². The SMILES string of the molecule is CCC1CC(=C2OCC(F)(F)C(F)(F)CO2)CC(C)C1. The van der Waals surface area contributed by atoms with E-state index >= 15 is 0 Å². The highest BCUT2D eigenvalue weighted by molar-refractivity contribution is 5.10. The molecule has 0 bridgehead atoms. The summed E-state index contributed by atoms with van der Waals surface area (Å²) in [6.45, 7) is 1.46. The van der Waals surface area contributed by atoms with Gasteiger partial charge >= 0.3 is 11.8 Å². The summed E-state index contributed by atoms with van der Waals surface area (Å²) in [5, 5.41) is 0. The molecule has 0 aromatic rings. The molecule has 2 atom stereocenters. The average molecular weight is 296 g/mol. The molecule has 1 aliphatic heterocycles. The van der Waals surface area contributed by atoms with Crippen LogP contribution in [0, 0.1) is 11.8 Å². The van der Waals surface area contributed by atoms with Crippen molar-refractivity contribution < 1.29 is 27.0 Å². The Bertz CT molecular complexity index is 373. The van der Waals surface area contributed by atoms with E-state index in [1.54, 1.807) is 0 Å².